The van der Waals surface area contributed by atoms with Crippen LogP contribution in [0.5, 0.6) is 0 Å². The number of nitrogens with one attached hydrogen (secondary N) is 1. The van der Waals surface area contributed by atoms with Gasteiger partial charge in [-0.2, -0.15) is 0 Å². The number of rotatable bonds is 5. The topological polar surface area (TPSA) is 52.6 Å². The Labute approximate surface area is 137 Å². The second-order valence-electron chi connectivity index (χ2n) is 5.87. The van der Waals surface area contributed by atoms with Gasteiger partial charge < -0.3 is 15.3 Å². The lowest BCUT2D eigenvalue weighted by atomic mass is 10.1. The summed E-state index contributed by atoms with van der Waals surface area (Å²) in [5.41, 5.74) is 0.897. The first-order valence-corrected chi connectivity index (χ1v) is 8.48. The number of hydrogen-bond acceptors (Lipinski definition) is 2. The summed E-state index contributed by atoms with van der Waals surface area (Å²) in [5, 5.41) is 13.0. The van der Waals surface area contributed by atoms with Crippen LogP contribution in [0.15, 0.2) is 24.3 Å². The van der Waals surface area contributed by atoms with Crippen molar-refractivity contribution in [3.05, 3.63) is 34.9 Å². The molecule has 0 aromatic heterocycles. The monoisotopic (exact) mass is 324 g/mol. The molecule has 1 aliphatic rings. The van der Waals surface area contributed by atoms with Crippen LogP contribution in [0.25, 0.3) is 0 Å². The molecule has 0 saturated heterocycles. The smallest absolute Gasteiger partial charge is 0.317 e. The first-order valence-electron chi connectivity index (χ1n) is 8.10. The Balaban J connectivity index is 1.97. The van der Waals surface area contributed by atoms with Gasteiger partial charge in [0.2, 0.25) is 0 Å². The predicted molar refractivity (Wildman–Crippen MR) is 89.0 cm³/mol. The fraction of sp³-hybridized carbons (Fsp3) is 0.588. The average Bonchev–Trinajstić information content (AvgIpc) is 2.77. The molecule has 0 unspecified atom stereocenters. The van der Waals surface area contributed by atoms with Crippen LogP contribution in [0.1, 0.15) is 44.1 Å². The van der Waals surface area contributed by atoms with Crippen molar-refractivity contribution in [1.29, 1.82) is 0 Å². The predicted octanol–water partition coefficient (Wildman–Crippen LogP) is 3.57. The van der Waals surface area contributed by atoms with Gasteiger partial charge in [-0.25, -0.2) is 4.79 Å². The fourth-order valence-electron chi connectivity index (χ4n) is 2.89. The zero-order chi connectivity index (χ0) is 15.8. The molecule has 1 aromatic carbocycles. The number of nitrogens with zero attached hydrogens (tertiary/aromatic N) is 1. The Bertz CT molecular complexity index is 473. The molecule has 2 N–H and O–H groups in total. The molecule has 1 fully saturated rings. The quantitative estimate of drug-likeness (QED) is 0.814. The van der Waals surface area contributed by atoms with Gasteiger partial charge in [0.15, 0.2) is 0 Å². The summed E-state index contributed by atoms with van der Waals surface area (Å²) in [5.74, 6) is 0. The van der Waals surface area contributed by atoms with Gasteiger partial charge in [-0.1, -0.05) is 55.5 Å². The lowest BCUT2D eigenvalue weighted by molar-refractivity contribution is 0.170. The summed E-state index contributed by atoms with van der Waals surface area (Å²) in [6.07, 6.45) is 6.96. The molecule has 1 aliphatic carbocycles. The largest absolute Gasteiger partial charge is 0.395 e. The highest BCUT2D eigenvalue weighted by molar-refractivity contribution is 6.31. The number of carbonyl (C=O) groups is 1. The highest BCUT2D eigenvalue weighted by Crippen LogP contribution is 2.19. The summed E-state index contributed by atoms with van der Waals surface area (Å²) in [6, 6.07) is 7.64. The number of aliphatic hydroxyl groups excluding tert-OH is 1. The van der Waals surface area contributed by atoms with Gasteiger partial charge in [0, 0.05) is 24.2 Å². The van der Waals surface area contributed by atoms with Crippen LogP contribution in [0.2, 0.25) is 5.02 Å². The molecule has 4 nitrogen and oxygen atoms in total. The summed E-state index contributed by atoms with van der Waals surface area (Å²) in [4.78, 5) is 14.1. The van der Waals surface area contributed by atoms with Gasteiger partial charge in [-0.05, 0) is 24.5 Å². The van der Waals surface area contributed by atoms with E-state index in [9.17, 15) is 9.90 Å². The Hall–Kier alpha value is -1.26. The van der Waals surface area contributed by atoms with E-state index in [-0.39, 0.29) is 18.7 Å². The van der Waals surface area contributed by atoms with Crippen LogP contribution in [0.3, 0.4) is 0 Å². The number of urea groups is 1. The van der Waals surface area contributed by atoms with Crippen molar-refractivity contribution in [2.24, 2.45) is 0 Å². The van der Waals surface area contributed by atoms with Crippen molar-refractivity contribution >= 4 is 17.6 Å². The van der Waals surface area contributed by atoms with Crippen LogP contribution in [0, 0.1) is 0 Å². The van der Waals surface area contributed by atoms with Gasteiger partial charge in [-0.15, -0.1) is 0 Å². The molecular formula is C17H25ClN2O2. The molecule has 1 aromatic rings. The second-order valence-corrected chi connectivity index (χ2v) is 6.28. The lowest BCUT2D eigenvalue weighted by Gasteiger charge is -2.26. The molecule has 0 spiro atoms. The van der Waals surface area contributed by atoms with Gasteiger partial charge in [0.1, 0.15) is 0 Å². The molecule has 22 heavy (non-hydrogen) atoms. The Morgan fingerprint density at radius 3 is 2.55 bits per heavy atom. The van der Waals surface area contributed by atoms with Crippen molar-refractivity contribution in [2.75, 3.05) is 13.2 Å². The summed E-state index contributed by atoms with van der Waals surface area (Å²) >= 11 is 6.17. The summed E-state index contributed by atoms with van der Waals surface area (Å²) in [7, 11) is 0. The third-order valence-corrected chi connectivity index (χ3v) is 4.53. The summed E-state index contributed by atoms with van der Waals surface area (Å²) < 4.78 is 0. The normalized spacial score (nSPS) is 16.1. The second kappa shape index (κ2) is 9.01. The number of hydrogen-bond donors (Lipinski definition) is 2. The SMILES string of the molecule is O=C(NC1CCCCCC1)N(CCO)Cc1ccccc1Cl. The minimum absolute atomic E-state index is 0.0530. The van der Waals surface area contributed by atoms with Gasteiger partial charge in [0.05, 0.1) is 6.61 Å². The molecule has 1 saturated carbocycles. The number of amides is 2. The van der Waals surface area contributed by atoms with Crippen molar-refractivity contribution in [2.45, 2.75) is 51.1 Å². The van der Waals surface area contributed by atoms with E-state index < -0.39 is 0 Å². The summed E-state index contributed by atoms with van der Waals surface area (Å²) in [6.45, 7) is 0.672. The first-order chi connectivity index (χ1) is 10.7. The molecule has 2 amide bonds. The molecular weight excluding hydrogens is 300 g/mol. The Kier molecular flexibility index (Phi) is 7.00. The third kappa shape index (κ3) is 5.18. The molecule has 0 atom stereocenters. The fourth-order valence-corrected chi connectivity index (χ4v) is 3.09. The Morgan fingerprint density at radius 1 is 1.23 bits per heavy atom. The van der Waals surface area contributed by atoms with Crippen LogP contribution >= 0.6 is 11.6 Å². The van der Waals surface area contributed by atoms with E-state index in [2.05, 4.69) is 5.32 Å². The zero-order valence-electron chi connectivity index (χ0n) is 12.9. The first kappa shape index (κ1) is 17.1. The van der Waals surface area contributed by atoms with Crippen LogP contribution in [-0.2, 0) is 6.54 Å². The van der Waals surface area contributed by atoms with E-state index in [1.54, 1.807) is 4.90 Å². The standard InChI is InChI=1S/C17H25ClN2O2/c18-16-10-6-5-7-14(16)13-20(11-12-21)17(22)19-15-8-3-1-2-4-9-15/h5-7,10,15,21H,1-4,8-9,11-13H2,(H,19,22). The van der Waals surface area contributed by atoms with E-state index in [1.165, 1.54) is 25.7 Å². The van der Waals surface area contributed by atoms with E-state index >= 15 is 0 Å². The van der Waals surface area contributed by atoms with Crippen molar-refractivity contribution < 1.29 is 9.90 Å². The van der Waals surface area contributed by atoms with Crippen LogP contribution < -0.4 is 5.32 Å². The van der Waals surface area contributed by atoms with E-state index in [0.29, 0.717) is 18.1 Å². The number of aliphatic hydroxyl groups is 1. The van der Waals surface area contributed by atoms with E-state index in [1.807, 2.05) is 24.3 Å². The number of benzene rings is 1. The molecule has 5 heteroatoms. The molecule has 0 heterocycles. The maximum atomic E-state index is 12.5. The van der Waals surface area contributed by atoms with Gasteiger partial charge in [0.25, 0.3) is 0 Å². The highest BCUT2D eigenvalue weighted by atomic mass is 35.5. The molecule has 0 aliphatic heterocycles. The van der Waals surface area contributed by atoms with Crippen molar-refractivity contribution in [3.8, 4) is 0 Å². The molecule has 0 bridgehead atoms. The van der Waals surface area contributed by atoms with Crippen molar-refractivity contribution in [3.63, 3.8) is 0 Å². The maximum absolute atomic E-state index is 12.5. The van der Waals surface area contributed by atoms with Gasteiger partial charge >= 0.3 is 6.03 Å². The molecule has 2 rings (SSSR count). The minimum Gasteiger partial charge on any atom is -0.395 e. The number of halogens is 1. The zero-order valence-corrected chi connectivity index (χ0v) is 13.7. The van der Waals surface area contributed by atoms with E-state index in [0.717, 1.165) is 18.4 Å². The minimum atomic E-state index is -0.110. The average molecular weight is 325 g/mol. The molecule has 122 valence electrons. The lowest BCUT2D eigenvalue weighted by Crippen LogP contribution is -2.45. The van der Waals surface area contributed by atoms with Crippen molar-refractivity contribution in [1.82, 2.24) is 10.2 Å². The van der Waals surface area contributed by atoms with E-state index in [4.69, 9.17) is 11.6 Å². The third-order valence-electron chi connectivity index (χ3n) is 4.16. The van der Waals surface area contributed by atoms with Crippen LogP contribution in [-0.4, -0.2) is 35.2 Å². The van der Waals surface area contributed by atoms with Crippen LogP contribution in [0.4, 0.5) is 4.79 Å². The number of carbonyl (C=O) groups excluding carboxylic acids is 1. The maximum Gasteiger partial charge on any atom is 0.317 e. The highest BCUT2D eigenvalue weighted by Gasteiger charge is 2.19. The Morgan fingerprint density at radius 2 is 1.91 bits per heavy atom. The molecule has 0 radical (unpaired) electrons. The van der Waals surface area contributed by atoms with Gasteiger partial charge in [-0.3, -0.25) is 0 Å².